The van der Waals surface area contributed by atoms with Gasteiger partial charge in [-0.05, 0) is 0 Å². The van der Waals surface area contributed by atoms with Crippen LogP contribution < -0.4 is 4.90 Å². The minimum absolute atomic E-state index is 0.00507. The number of hydrogen-bond acceptors (Lipinski definition) is 6. The maximum atomic E-state index is 12.8. The molecule has 0 aliphatic rings. The first-order chi connectivity index (χ1) is 9.68. The zero-order valence-corrected chi connectivity index (χ0v) is 10.9. The Labute approximate surface area is 116 Å². The summed E-state index contributed by atoms with van der Waals surface area (Å²) in [7, 11) is 3.02. The van der Waals surface area contributed by atoms with Crippen molar-refractivity contribution in [2.75, 3.05) is 19.0 Å². The summed E-state index contributed by atoms with van der Waals surface area (Å²) in [5, 5.41) is 14.2. The molecule has 0 radical (unpaired) electrons. The summed E-state index contributed by atoms with van der Waals surface area (Å²) in [6, 6.07) is 0.779. The van der Waals surface area contributed by atoms with Gasteiger partial charge in [0.1, 0.15) is 18.2 Å². The number of aromatic nitrogens is 4. The van der Waals surface area contributed by atoms with Crippen LogP contribution in [0.4, 0.5) is 24.7 Å². The average Bonchev–Trinajstić information content (AvgIpc) is 2.86. The van der Waals surface area contributed by atoms with Crippen LogP contribution in [-0.4, -0.2) is 38.8 Å². The smallest absolute Gasteiger partial charge is 0.363 e. The zero-order valence-electron chi connectivity index (χ0n) is 10.9. The molecular weight excluding hydrogens is 293 g/mol. The first-order valence-electron chi connectivity index (χ1n) is 5.51. The number of hydrogen-bond donors (Lipinski definition) is 0. The molecule has 0 atom stereocenters. The van der Waals surface area contributed by atoms with E-state index in [-0.39, 0.29) is 11.5 Å². The van der Waals surface area contributed by atoms with Gasteiger partial charge in [-0.1, -0.05) is 0 Å². The number of alkyl halides is 3. The normalized spacial score (nSPS) is 11.5. The van der Waals surface area contributed by atoms with Crippen molar-refractivity contribution in [3.63, 3.8) is 0 Å². The van der Waals surface area contributed by atoms with Crippen molar-refractivity contribution in [3.05, 3.63) is 34.3 Å². The molecule has 0 amide bonds. The molecule has 0 saturated heterocycles. The molecule has 2 aromatic heterocycles. The Morgan fingerprint density at radius 3 is 2.48 bits per heavy atom. The van der Waals surface area contributed by atoms with Gasteiger partial charge in [0, 0.05) is 20.2 Å². The van der Waals surface area contributed by atoms with E-state index in [1.54, 1.807) is 0 Å². The number of nitro groups is 1. The fourth-order valence-electron chi connectivity index (χ4n) is 1.42. The van der Waals surface area contributed by atoms with E-state index < -0.39 is 22.7 Å². The Morgan fingerprint density at radius 2 is 2.00 bits per heavy atom. The quantitative estimate of drug-likeness (QED) is 0.632. The Balaban J connectivity index is 2.56. The molecule has 8 nitrogen and oxygen atoms in total. The van der Waals surface area contributed by atoms with Crippen molar-refractivity contribution in [1.29, 1.82) is 0 Å². The second-order valence-electron chi connectivity index (χ2n) is 4.20. The molecule has 0 aliphatic heterocycles. The van der Waals surface area contributed by atoms with Crippen molar-refractivity contribution in [3.8, 4) is 5.95 Å². The number of nitrogens with zero attached hydrogens (tertiary/aromatic N) is 6. The van der Waals surface area contributed by atoms with Crippen molar-refractivity contribution < 1.29 is 18.1 Å². The van der Waals surface area contributed by atoms with Gasteiger partial charge in [-0.2, -0.15) is 27.9 Å². The molecule has 0 N–H and O–H groups in total. The Hall–Kier alpha value is -2.72. The fraction of sp³-hybridized carbons (Fsp3) is 0.300. The number of rotatable bonds is 3. The van der Waals surface area contributed by atoms with E-state index in [0.29, 0.717) is 0 Å². The molecule has 21 heavy (non-hydrogen) atoms. The topological polar surface area (TPSA) is 90.0 Å². The first-order valence-corrected chi connectivity index (χ1v) is 5.51. The van der Waals surface area contributed by atoms with Gasteiger partial charge in [-0.15, -0.1) is 0 Å². The monoisotopic (exact) mass is 302 g/mol. The molecule has 2 aromatic rings. The van der Waals surface area contributed by atoms with E-state index >= 15 is 0 Å². The summed E-state index contributed by atoms with van der Waals surface area (Å²) < 4.78 is 39.3. The Morgan fingerprint density at radius 1 is 1.33 bits per heavy atom. The Bertz CT molecular complexity index is 682. The van der Waals surface area contributed by atoms with Crippen LogP contribution >= 0.6 is 0 Å². The SMILES string of the molecule is CN(C)c1cc(C(F)(F)F)nc(-n2cc([N+](=O)[O-])cn2)n1. The third kappa shape index (κ3) is 3.07. The second-order valence-corrected chi connectivity index (χ2v) is 4.20. The summed E-state index contributed by atoms with van der Waals surface area (Å²) >= 11 is 0. The van der Waals surface area contributed by atoms with Crippen molar-refractivity contribution in [2.45, 2.75) is 6.18 Å². The van der Waals surface area contributed by atoms with E-state index in [0.717, 1.165) is 23.1 Å². The second kappa shape index (κ2) is 5.00. The summed E-state index contributed by atoms with van der Waals surface area (Å²) in [5.41, 5.74) is -1.53. The average molecular weight is 302 g/mol. The minimum Gasteiger partial charge on any atom is -0.363 e. The lowest BCUT2D eigenvalue weighted by Crippen LogP contribution is -2.18. The van der Waals surface area contributed by atoms with Crippen LogP contribution in [0.2, 0.25) is 0 Å². The third-order valence-corrected chi connectivity index (χ3v) is 2.43. The minimum atomic E-state index is -4.67. The van der Waals surface area contributed by atoms with Crippen LogP contribution in [0.25, 0.3) is 5.95 Å². The van der Waals surface area contributed by atoms with Gasteiger partial charge in [0.15, 0.2) is 5.69 Å². The number of anilines is 1. The van der Waals surface area contributed by atoms with Crippen LogP contribution in [0, 0.1) is 10.1 Å². The summed E-state index contributed by atoms with van der Waals surface area (Å²) in [6.45, 7) is 0. The predicted octanol–water partition coefficient (Wildman–Crippen LogP) is 1.66. The van der Waals surface area contributed by atoms with Gasteiger partial charge in [0.2, 0.25) is 0 Å². The number of halogens is 3. The maximum Gasteiger partial charge on any atom is 0.433 e. The van der Waals surface area contributed by atoms with Crippen LogP contribution in [-0.2, 0) is 6.18 Å². The van der Waals surface area contributed by atoms with Crippen LogP contribution in [0.3, 0.4) is 0 Å². The molecule has 0 saturated carbocycles. The molecule has 11 heteroatoms. The molecule has 0 bridgehead atoms. The molecule has 0 aliphatic carbocycles. The first kappa shape index (κ1) is 14.7. The Kier molecular flexibility index (Phi) is 3.49. The lowest BCUT2D eigenvalue weighted by molar-refractivity contribution is -0.384. The van der Waals surface area contributed by atoms with Crippen molar-refractivity contribution in [1.82, 2.24) is 19.7 Å². The fourth-order valence-corrected chi connectivity index (χ4v) is 1.42. The highest BCUT2D eigenvalue weighted by Gasteiger charge is 2.34. The molecular formula is C10H9F3N6O2. The third-order valence-electron chi connectivity index (χ3n) is 2.43. The maximum absolute atomic E-state index is 12.8. The van der Waals surface area contributed by atoms with E-state index in [4.69, 9.17) is 0 Å². The predicted molar refractivity (Wildman–Crippen MR) is 65.1 cm³/mol. The summed E-state index contributed by atoms with van der Waals surface area (Å²) in [4.78, 5) is 18.4. The zero-order chi connectivity index (χ0) is 15.8. The molecule has 0 aromatic carbocycles. The van der Waals surface area contributed by atoms with Gasteiger partial charge >= 0.3 is 11.9 Å². The van der Waals surface area contributed by atoms with Gasteiger partial charge in [-0.25, -0.2) is 4.98 Å². The lowest BCUT2D eigenvalue weighted by Gasteiger charge is -2.15. The van der Waals surface area contributed by atoms with Gasteiger partial charge in [0.25, 0.3) is 5.95 Å². The van der Waals surface area contributed by atoms with E-state index in [1.807, 2.05) is 0 Å². The van der Waals surface area contributed by atoms with Gasteiger partial charge in [-0.3, -0.25) is 10.1 Å². The van der Waals surface area contributed by atoms with E-state index in [1.165, 1.54) is 19.0 Å². The van der Waals surface area contributed by atoms with E-state index in [9.17, 15) is 23.3 Å². The summed E-state index contributed by atoms with van der Waals surface area (Å²) in [6.07, 6.45) is -2.82. The molecule has 2 rings (SSSR count). The molecule has 2 heterocycles. The highest BCUT2D eigenvalue weighted by atomic mass is 19.4. The van der Waals surface area contributed by atoms with E-state index in [2.05, 4.69) is 15.1 Å². The van der Waals surface area contributed by atoms with Crippen molar-refractivity contribution in [2.24, 2.45) is 0 Å². The van der Waals surface area contributed by atoms with Crippen LogP contribution in [0.5, 0.6) is 0 Å². The van der Waals surface area contributed by atoms with Crippen LogP contribution in [0.1, 0.15) is 5.69 Å². The largest absolute Gasteiger partial charge is 0.433 e. The standard InChI is InChI=1S/C10H9F3N6O2/c1-17(2)8-3-7(10(11,12)13)15-9(16-8)18-5-6(4-14-18)19(20)21/h3-5H,1-2H3. The lowest BCUT2D eigenvalue weighted by atomic mass is 10.3. The molecule has 0 spiro atoms. The highest BCUT2D eigenvalue weighted by Crippen LogP contribution is 2.30. The summed E-state index contributed by atoms with van der Waals surface area (Å²) in [5.74, 6) is -0.396. The van der Waals surface area contributed by atoms with Gasteiger partial charge in [0.05, 0.1) is 4.92 Å². The van der Waals surface area contributed by atoms with Crippen LogP contribution in [0.15, 0.2) is 18.5 Å². The highest BCUT2D eigenvalue weighted by molar-refractivity contribution is 5.41. The molecule has 0 unspecified atom stereocenters. The molecule has 0 fully saturated rings. The molecule has 112 valence electrons. The van der Waals surface area contributed by atoms with Gasteiger partial charge < -0.3 is 4.90 Å². The van der Waals surface area contributed by atoms with Crippen molar-refractivity contribution >= 4 is 11.5 Å².